The lowest BCUT2D eigenvalue weighted by atomic mass is 10.3. The molecule has 20 heavy (non-hydrogen) atoms. The number of benzene rings is 1. The highest BCUT2D eigenvalue weighted by molar-refractivity contribution is 5.45. The fourth-order valence-electron chi connectivity index (χ4n) is 1.64. The second kappa shape index (κ2) is 5.58. The SMILES string of the molecule is COCc1noc(-c2ccc(Oc3ccccc3)o2)n1. The van der Waals surface area contributed by atoms with Gasteiger partial charge < -0.3 is 18.4 Å². The summed E-state index contributed by atoms with van der Waals surface area (Å²) in [5, 5.41) is 3.76. The maximum atomic E-state index is 5.55. The molecule has 0 radical (unpaired) electrons. The molecular formula is C14H12N2O4. The Bertz CT molecular complexity index is 675. The molecule has 1 aromatic carbocycles. The van der Waals surface area contributed by atoms with Crippen molar-refractivity contribution in [3.05, 3.63) is 48.3 Å². The van der Waals surface area contributed by atoms with Gasteiger partial charge in [-0.1, -0.05) is 23.4 Å². The van der Waals surface area contributed by atoms with Gasteiger partial charge in [-0.25, -0.2) is 0 Å². The molecule has 0 aliphatic rings. The van der Waals surface area contributed by atoms with Gasteiger partial charge in [0.25, 0.3) is 11.8 Å². The Morgan fingerprint density at radius 2 is 1.95 bits per heavy atom. The minimum atomic E-state index is 0.289. The van der Waals surface area contributed by atoms with Crippen LogP contribution in [0.4, 0.5) is 0 Å². The van der Waals surface area contributed by atoms with Crippen LogP contribution < -0.4 is 4.74 Å². The Labute approximate surface area is 114 Å². The summed E-state index contributed by atoms with van der Waals surface area (Å²) in [6.45, 7) is 0.289. The molecule has 0 saturated heterocycles. The highest BCUT2D eigenvalue weighted by Gasteiger charge is 2.13. The third-order valence-corrected chi connectivity index (χ3v) is 2.50. The molecule has 0 bridgehead atoms. The van der Waals surface area contributed by atoms with Crippen LogP contribution in [-0.4, -0.2) is 17.3 Å². The van der Waals surface area contributed by atoms with Gasteiger partial charge in [0.1, 0.15) is 12.4 Å². The molecule has 0 unspecified atom stereocenters. The largest absolute Gasteiger partial charge is 0.426 e. The van der Waals surface area contributed by atoms with Crippen LogP contribution in [0.5, 0.6) is 11.7 Å². The van der Waals surface area contributed by atoms with E-state index < -0.39 is 0 Å². The number of hydrogen-bond donors (Lipinski definition) is 0. The Morgan fingerprint density at radius 3 is 2.75 bits per heavy atom. The van der Waals surface area contributed by atoms with Gasteiger partial charge in [-0.3, -0.25) is 0 Å². The molecule has 3 aromatic rings. The van der Waals surface area contributed by atoms with E-state index in [0.717, 1.165) is 0 Å². The van der Waals surface area contributed by atoms with Crippen molar-refractivity contribution in [2.45, 2.75) is 6.61 Å². The molecule has 0 aliphatic heterocycles. The fourth-order valence-corrected chi connectivity index (χ4v) is 1.64. The zero-order valence-corrected chi connectivity index (χ0v) is 10.8. The standard InChI is InChI=1S/C14H12N2O4/c1-17-9-12-15-14(20-16-12)11-7-8-13(19-11)18-10-5-3-2-4-6-10/h2-8H,9H2,1H3. The van der Waals surface area contributed by atoms with Crippen LogP contribution in [0.25, 0.3) is 11.7 Å². The van der Waals surface area contributed by atoms with Crippen LogP contribution in [-0.2, 0) is 11.3 Å². The molecule has 0 N–H and O–H groups in total. The van der Waals surface area contributed by atoms with Gasteiger partial charge in [0, 0.05) is 13.2 Å². The molecule has 0 amide bonds. The number of nitrogens with zero attached hydrogens (tertiary/aromatic N) is 2. The van der Waals surface area contributed by atoms with E-state index in [1.807, 2.05) is 30.3 Å². The van der Waals surface area contributed by atoms with Crippen molar-refractivity contribution >= 4 is 0 Å². The minimum Gasteiger partial charge on any atom is -0.426 e. The molecule has 0 aliphatic carbocycles. The highest BCUT2D eigenvalue weighted by Crippen LogP contribution is 2.28. The van der Waals surface area contributed by atoms with Crippen molar-refractivity contribution < 1.29 is 18.4 Å². The van der Waals surface area contributed by atoms with E-state index in [1.165, 1.54) is 0 Å². The predicted molar refractivity (Wildman–Crippen MR) is 69.2 cm³/mol. The summed E-state index contributed by atoms with van der Waals surface area (Å²) < 4.78 is 21.1. The quantitative estimate of drug-likeness (QED) is 0.710. The molecule has 2 heterocycles. The first kappa shape index (κ1) is 12.4. The number of aromatic nitrogens is 2. The summed E-state index contributed by atoms with van der Waals surface area (Å²) in [6.07, 6.45) is 0. The zero-order chi connectivity index (χ0) is 13.8. The molecule has 0 spiro atoms. The average molecular weight is 272 g/mol. The van der Waals surface area contributed by atoms with Gasteiger partial charge in [0.2, 0.25) is 0 Å². The van der Waals surface area contributed by atoms with Crippen molar-refractivity contribution in [3.63, 3.8) is 0 Å². The molecule has 0 atom stereocenters. The van der Waals surface area contributed by atoms with Crippen molar-refractivity contribution in [2.24, 2.45) is 0 Å². The van der Waals surface area contributed by atoms with Gasteiger partial charge in [-0.15, -0.1) is 0 Å². The first-order valence-corrected chi connectivity index (χ1v) is 6.00. The molecule has 2 aromatic heterocycles. The minimum absolute atomic E-state index is 0.289. The Balaban J connectivity index is 1.76. The van der Waals surface area contributed by atoms with Gasteiger partial charge in [0.05, 0.1) is 0 Å². The van der Waals surface area contributed by atoms with E-state index >= 15 is 0 Å². The fraction of sp³-hybridized carbons (Fsp3) is 0.143. The van der Waals surface area contributed by atoms with E-state index in [2.05, 4.69) is 10.1 Å². The normalized spacial score (nSPS) is 10.7. The number of methoxy groups -OCH3 is 1. The van der Waals surface area contributed by atoms with Crippen LogP contribution in [0.1, 0.15) is 5.82 Å². The van der Waals surface area contributed by atoms with Crippen molar-refractivity contribution in [3.8, 4) is 23.3 Å². The van der Waals surface area contributed by atoms with Crippen LogP contribution in [0.2, 0.25) is 0 Å². The summed E-state index contributed by atoms with van der Waals surface area (Å²) in [6, 6.07) is 12.8. The molecular weight excluding hydrogens is 260 g/mol. The average Bonchev–Trinajstić information content (AvgIpc) is 3.10. The topological polar surface area (TPSA) is 70.5 Å². The summed E-state index contributed by atoms with van der Waals surface area (Å²) in [5.74, 6) is 2.26. The Kier molecular flexibility index (Phi) is 3.47. The molecule has 0 fully saturated rings. The first-order valence-electron chi connectivity index (χ1n) is 6.00. The number of rotatable bonds is 5. The van der Waals surface area contributed by atoms with Gasteiger partial charge in [-0.05, 0) is 18.2 Å². The van der Waals surface area contributed by atoms with Crippen molar-refractivity contribution in [1.82, 2.24) is 10.1 Å². The van der Waals surface area contributed by atoms with E-state index in [1.54, 1.807) is 19.2 Å². The lowest BCUT2D eigenvalue weighted by Crippen LogP contribution is -1.89. The summed E-state index contributed by atoms with van der Waals surface area (Å²) >= 11 is 0. The predicted octanol–water partition coefficient (Wildman–Crippen LogP) is 3.27. The third-order valence-electron chi connectivity index (χ3n) is 2.50. The number of furan rings is 1. The van der Waals surface area contributed by atoms with Crippen LogP contribution in [0.3, 0.4) is 0 Å². The van der Waals surface area contributed by atoms with Crippen LogP contribution >= 0.6 is 0 Å². The lowest BCUT2D eigenvalue weighted by molar-refractivity contribution is 0.174. The maximum absolute atomic E-state index is 5.55. The van der Waals surface area contributed by atoms with E-state index in [-0.39, 0.29) is 6.61 Å². The summed E-state index contributed by atoms with van der Waals surface area (Å²) in [7, 11) is 1.56. The second-order valence-corrected chi connectivity index (χ2v) is 3.98. The Hall–Kier alpha value is -2.60. The second-order valence-electron chi connectivity index (χ2n) is 3.98. The molecule has 6 nitrogen and oxygen atoms in total. The van der Waals surface area contributed by atoms with Gasteiger partial charge in [-0.2, -0.15) is 4.98 Å². The van der Waals surface area contributed by atoms with Gasteiger partial charge in [0.15, 0.2) is 11.6 Å². The smallest absolute Gasteiger partial charge is 0.293 e. The van der Waals surface area contributed by atoms with Crippen LogP contribution in [0.15, 0.2) is 51.4 Å². The monoisotopic (exact) mass is 272 g/mol. The Morgan fingerprint density at radius 1 is 1.10 bits per heavy atom. The van der Waals surface area contributed by atoms with Crippen LogP contribution in [0, 0.1) is 0 Å². The lowest BCUT2D eigenvalue weighted by Gasteiger charge is -1.99. The van der Waals surface area contributed by atoms with E-state index in [4.69, 9.17) is 18.4 Å². The number of hydrogen-bond acceptors (Lipinski definition) is 6. The number of ether oxygens (including phenoxy) is 2. The first-order chi connectivity index (χ1) is 9.85. The third kappa shape index (κ3) is 2.70. The molecule has 3 rings (SSSR count). The van der Waals surface area contributed by atoms with Crippen molar-refractivity contribution in [1.29, 1.82) is 0 Å². The van der Waals surface area contributed by atoms with Crippen molar-refractivity contribution in [2.75, 3.05) is 7.11 Å². The molecule has 0 saturated carbocycles. The highest BCUT2D eigenvalue weighted by atomic mass is 16.6. The van der Waals surface area contributed by atoms with E-state index in [9.17, 15) is 0 Å². The molecule has 102 valence electrons. The summed E-state index contributed by atoms with van der Waals surface area (Å²) in [4.78, 5) is 4.14. The molecule has 6 heteroatoms. The maximum Gasteiger partial charge on any atom is 0.293 e. The summed E-state index contributed by atoms with van der Waals surface area (Å²) in [5.41, 5.74) is 0. The number of para-hydroxylation sites is 1. The van der Waals surface area contributed by atoms with E-state index in [0.29, 0.717) is 29.2 Å². The van der Waals surface area contributed by atoms with Gasteiger partial charge >= 0.3 is 0 Å². The zero-order valence-electron chi connectivity index (χ0n) is 10.8.